The number of nitriles is 1. The lowest BCUT2D eigenvalue weighted by Gasteiger charge is -2.13. The number of methoxy groups -OCH3 is 1. The molecule has 0 aliphatic carbocycles. The Morgan fingerprint density at radius 3 is 2.57 bits per heavy atom. The highest BCUT2D eigenvalue weighted by Crippen LogP contribution is 2.33. The minimum atomic E-state index is -4.55. The van der Waals surface area contributed by atoms with Gasteiger partial charge >= 0.3 is 6.18 Å². The van der Waals surface area contributed by atoms with Crippen molar-refractivity contribution < 1.29 is 17.9 Å². The van der Waals surface area contributed by atoms with Gasteiger partial charge in [-0.1, -0.05) is 18.2 Å². The predicted molar refractivity (Wildman–Crippen MR) is 81.3 cm³/mol. The van der Waals surface area contributed by atoms with Crippen LogP contribution >= 0.6 is 0 Å². The molecule has 0 aliphatic rings. The smallest absolute Gasteiger partial charge is 0.417 e. The number of nitrogens with one attached hydrogen (secondary N) is 1. The summed E-state index contributed by atoms with van der Waals surface area (Å²) in [5.41, 5.74) is -0.0199. The molecule has 2 rings (SSSR count). The van der Waals surface area contributed by atoms with Crippen molar-refractivity contribution >= 4 is 5.69 Å². The molecule has 0 radical (unpaired) electrons. The summed E-state index contributed by atoms with van der Waals surface area (Å²) in [6.07, 6.45) is -3.95. The Bertz CT molecular complexity index is 721. The summed E-state index contributed by atoms with van der Waals surface area (Å²) < 4.78 is 43.9. The van der Waals surface area contributed by atoms with E-state index < -0.39 is 11.7 Å². The molecule has 0 bridgehead atoms. The van der Waals surface area contributed by atoms with E-state index >= 15 is 0 Å². The second-order valence-corrected chi connectivity index (χ2v) is 4.86. The van der Waals surface area contributed by atoms with Crippen molar-refractivity contribution in [2.24, 2.45) is 0 Å². The van der Waals surface area contributed by atoms with Crippen LogP contribution in [-0.4, -0.2) is 13.7 Å². The Kier molecular flexibility index (Phi) is 5.12. The molecule has 0 fully saturated rings. The van der Waals surface area contributed by atoms with E-state index in [-0.39, 0.29) is 5.56 Å². The third-order valence-corrected chi connectivity index (χ3v) is 3.36. The topological polar surface area (TPSA) is 45.0 Å². The van der Waals surface area contributed by atoms with E-state index in [0.29, 0.717) is 18.7 Å². The highest BCUT2D eigenvalue weighted by molar-refractivity contribution is 5.53. The van der Waals surface area contributed by atoms with E-state index in [9.17, 15) is 13.2 Å². The van der Waals surface area contributed by atoms with Gasteiger partial charge in [0.25, 0.3) is 0 Å². The fourth-order valence-corrected chi connectivity index (χ4v) is 2.24. The molecule has 0 saturated heterocycles. The summed E-state index contributed by atoms with van der Waals surface area (Å²) in [5.74, 6) is 0.741. The van der Waals surface area contributed by atoms with E-state index in [1.165, 1.54) is 12.1 Å². The molecule has 3 nitrogen and oxygen atoms in total. The first-order chi connectivity index (χ1) is 11.0. The molecule has 0 saturated carbocycles. The molecule has 2 aromatic carbocycles. The van der Waals surface area contributed by atoms with Crippen LogP contribution < -0.4 is 10.1 Å². The fourth-order valence-electron chi connectivity index (χ4n) is 2.24. The second-order valence-electron chi connectivity index (χ2n) is 4.86. The van der Waals surface area contributed by atoms with Gasteiger partial charge in [-0.25, -0.2) is 0 Å². The van der Waals surface area contributed by atoms with Crippen LogP contribution in [0.4, 0.5) is 18.9 Å². The van der Waals surface area contributed by atoms with Crippen molar-refractivity contribution in [2.75, 3.05) is 19.0 Å². The van der Waals surface area contributed by atoms with Crippen molar-refractivity contribution in [3.8, 4) is 11.8 Å². The first-order valence-electron chi connectivity index (χ1n) is 6.93. The molecule has 0 aromatic heterocycles. The van der Waals surface area contributed by atoms with E-state index in [0.717, 1.165) is 17.4 Å². The van der Waals surface area contributed by atoms with Gasteiger partial charge in [-0.15, -0.1) is 0 Å². The summed E-state index contributed by atoms with van der Waals surface area (Å²) >= 11 is 0. The molecule has 0 atom stereocenters. The Morgan fingerprint density at radius 2 is 1.91 bits per heavy atom. The number of anilines is 1. The van der Waals surface area contributed by atoms with Crippen molar-refractivity contribution in [2.45, 2.75) is 12.6 Å². The van der Waals surface area contributed by atoms with Crippen LogP contribution in [0.3, 0.4) is 0 Å². The number of alkyl halides is 3. The molecule has 0 unspecified atom stereocenters. The zero-order chi connectivity index (χ0) is 16.9. The number of benzene rings is 2. The predicted octanol–water partition coefficient (Wildman–Crippen LogP) is 4.24. The van der Waals surface area contributed by atoms with Gasteiger partial charge < -0.3 is 10.1 Å². The lowest BCUT2D eigenvalue weighted by Crippen LogP contribution is -2.10. The van der Waals surface area contributed by atoms with Gasteiger partial charge in [-0.05, 0) is 36.2 Å². The summed E-state index contributed by atoms with van der Waals surface area (Å²) in [6, 6.07) is 12.6. The maximum absolute atomic E-state index is 12.9. The van der Waals surface area contributed by atoms with Crippen molar-refractivity contribution in [3.05, 3.63) is 59.2 Å². The van der Waals surface area contributed by atoms with Crippen LogP contribution in [0.2, 0.25) is 0 Å². The summed E-state index contributed by atoms with van der Waals surface area (Å²) in [5, 5.41) is 11.7. The molecule has 0 spiro atoms. The quantitative estimate of drug-likeness (QED) is 0.896. The van der Waals surface area contributed by atoms with Gasteiger partial charge in [-0.2, -0.15) is 18.4 Å². The third-order valence-electron chi connectivity index (χ3n) is 3.36. The monoisotopic (exact) mass is 320 g/mol. The summed E-state index contributed by atoms with van der Waals surface area (Å²) in [4.78, 5) is 0. The van der Waals surface area contributed by atoms with Crippen molar-refractivity contribution in [1.29, 1.82) is 5.26 Å². The molecular formula is C17H15F3N2O. The molecule has 0 heterocycles. The first-order valence-corrected chi connectivity index (χ1v) is 6.93. The van der Waals surface area contributed by atoms with E-state index in [2.05, 4.69) is 5.32 Å². The van der Waals surface area contributed by atoms with Crippen LogP contribution in [0.25, 0.3) is 0 Å². The van der Waals surface area contributed by atoms with Gasteiger partial charge in [0.2, 0.25) is 0 Å². The Morgan fingerprint density at radius 1 is 1.17 bits per heavy atom. The highest BCUT2D eigenvalue weighted by Gasteiger charge is 2.33. The van der Waals surface area contributed by atoms with Crippen LogP contribution in [-0.2, 0) is 12.6 Å². The average molecular weight is 320 g/mol. The van der Waals surface area contributed by atoms with Crippen molar-refractivity contribution in [1.82, 2.24) is 0 Å². The molecule has 0 amide bonds. The Balaban J connectivity index is 2.08. The number of rotatable bonds is 5. The standard InChI is InChI=1S/C17H15F3N2O/c1-23-16-5-3-2-4-12(16)8-9-22-14-7-6-13(11-21)15(10-14)17(18,19)20/h2-7,10,22H,8-9H2,1H3. The fraction of sp³-hybridized carbons (Fsp3) is 0.235. The second kappa shape index (κ2) is 7.05. The number of halogens is 3. The Hall–Kier alpha value is -2.68. The lowest BCUT2D eigenvalue weighted by atomic mass is 10.1. The normalized spacial score (nSPS) is 10.9. The van der Waals surface area contributed by atoms with E-state index in [1.807, 2.05) is 24.3 Å². The SMILES string of the molecule is COc1ccccc1CCNc1ccc(C#N)c(C(F)(F)F)c1. The van der Waals surface area contributed by atoms with Crippen molar-refractivity contribution in [3.63, 3.8) is 0 Å². The largest absolute Gasteiger partial charge is 0.496 e. The zero-order valence-corrected chi connectivity index (χ0v) is 12.4. The van der Waals surface area contributed by atoms with Crippen LogP contribution in [0.1, 0.15) is 16.7 Å². The lowest BCUT2D eigenvalue weighted by molar-refractivity contribution is -0.137. The first kappa shape index (κ1) is 16.7. The summed E-state index contributed by atoms with van der Waals surface area (Å²) in [6.45, 7) is 0.448. The minimum Gasteiger partial charge on any atom is -0.496 e. The van der Waals surface area contributed by atoms with Gasteiger partial charge in [0.15, 0.2) is 0 Å². The number of hydrogen-bond acceptors (Lipinski definition) is 3. The van der Waals surface area contributed by atoms with Gasteiger partial charge in [0, 0.05) is 12.2 Å². The van der Waals surface area contributed by atoms with Gasteiger partial charge in [0.05, 0.1) is 24.3 Å². The minimum absolute atomic E-state index is 0.325. The summed E-state index contributed by atoms with van der Waals surface area (Å²) in [7, 11) is 1.57. The zero-order valence-electron chi connectivity index (χ0n) is 12.4. The van der Waals surface area contributed by atoms with Gasteiger partial charge in [-0.3, -0.25) is 0 Å². The number of para-hydroxylation sites is 1. The van der Waals surface area contributed by atoms with E-state index in [1.54, 1.807) is 13.2 Å². The number of nitrogens with zero attached hydrogens (tertiary/aromatic N) is 1. The molecule has 120 valence electrons. The molecule has 6 heteroatoms. The Labute approximate surface area is 132 Å². The molecule has 1 N–H and O–H groups in total. The van der Waals surface area contributed by atoms with Gasteiger partial charge in [0.1, 0.15) is 5.75 Å². The van der Waals surface area contributed by atoms with Crippen LogP contribution in [0, 0.1) is 11.3 Å². The van der Waals surface area contributed by atoms with Crippen LogP contribution in [0.5, 0.6) is 5.75 Å². The molecule has 0 aliphatic heterocycles. The molecule has 2 aromatic rings. The number of ether oxygens (including phenoxy) is 1. The molecular weight excluding hydrogens is 305 g/mol. The third kappa shape index (κ3) is 4.16. The molecule has 23 heavy (non-hydrogen) atoms. The maximum Gasteiger partial charge on any atom is 0.417 e. The van der Waals surface area contributed by atoms with E-state index in [4.69, 9.17) is 10.00 Å². The highest BCUT2D eigenvalue weighted by atomic mass is 19.4. The maximum atomic E-state index is 12.9. The van der Waals surface area contributed by atoms with Crippen LogP contribution in [0.15, 0.2) is 42.5 Å². The average Bonchev–Trinajstić information content (AvgIpc) is 2.54. The number of hydrogen-bond donors (Lipinski definition) is 1.